The fourth-order valence-corrected chi connectivity index (χ4v) is 2.56. The summed E-state index contributed by atoms with van der Waals surface area (Å²) in [5.74, 6) is 0.961. The lowest BCUT2D eigenvalue weighted by Gasteiger charge is -2.34. The van der Waals surface area contributed by atoms with Crippen molar-refractivity contribution in [3.05, 3.63) is 22.7 Å². The first-order chi connectivity index (χ1) is 8.63. The van der Waals surface area contributed by atoms with Gasteiger partial charge in [-0.3, -0.25) is 4.79 Å². The summed E-state index contributed by atoms with van der Waals surface area (Å²) in [4.78, 5) is 18.6. The summed E-state index contributed by atoms with van der Waals surface area (Å²) in [5.41, 5.74) is 0.0135. The fraction of sp³-hybridized carbons (Fsp3) is 0.692. The third kappa shape index (κ3) is 2.69. The van der Waals surface area contributed by atoms with Crippen molar-refractivity contribution < 1.29 is 0 Å². The zero-order valence-electron chi connectivity index (χ0n) is 11.0. The monoisotopic (exact) mass is 269 g/mol. The molecule has 1 aromatic rings. The van der Waals surface area contributed by atoms with Crippen molar-refractivity contribution >= 4 is 17.4 Å². The van der Waals surface area contributed by atoms with Gasteiger partial charge in [-0.05, 0) is 18.8 Å². The first kappa shape index (κ1) is 13.4. The van der Waals surface area contributed by atoms with E-state index in [4.69, 9.17) is 11.6 Å². The third-order valence-electron chi connectivity index (χ3n) is 3.46. The van der Waals surface area contributed by atoms with Gasteiger partial charge in [0.2, 0.25) is 0 Å². The van der Waals surface area contributed by atoms with Gasteiger partial charge in [0.1, 0.15) is 0 Å². The molecule has 1 fully saturated rings. The van der Waals surface area contributed by atoms with Crippen LogP contribution < -0.4 is 10.5 Å². The second-order valence-corrected chi connectivity index (χ2v) is 5.54. The molecule has 0 radical (unpaired) electrons. The highest BCUT2D eigenvalue weighted by Crippen LogP contribution is 2.23. The van der Waals surface area contributed by atoms with E-state index in [1.807, 2.05) is 0 Å². The van der Waals surface area contributed by atoms with Gasteiger partial charge in [0.15, 0.2) is 5.82 Å². The molecule has 4 nitrogen and oxygen atoms in total. The van der Waals surface area contributed by atoms with Gasteiger partial charge in [-0.25, -0.2) is 4.98 Å². The average Bonchev–Trinajstić information content (AvgIpc) is 2.36. The maximum Gasteiger partial charge on any atom is 0.293 e. The minimum absolute atomic E-state index is 0.0135. The third-order valence-corrected chi connectivity index (χ3v) is 4.11. The van der Waals surface area contributed by atoms with Crippen LogP contribution in [0.15, 0.2) is 17.2 Å². The smallest absolute Gasteiger partial charge is 0.293 e. The van der Waals surface area contributed by atoms with Crippen LogP contribution in [0.2, 0.25) is 0 Å². The van der Waals surface area contributed by atoms with E-state index in [0.29, 0.717) is 11.7 Å². The van der Waals surface area contributed by atoms with Crippen molar-refractivity contribution in [2.45, 2.75) is 38.6 Å². The number of alkyl halides is 1. The molecule has 0 amide bonds. The second-order valence-electron chi connectivity index (χ2n) is 4.98. The summed E-state index contributed by atoms with van der Waals surface area (Å²) in [6.45, 7) is 6.56. The van der Waals surface area contributed by atoms with Crippen molar-refractivity contribution in [2.75, 3.05) is 18.0 Å². The molecule has 0 aromatic carbocycles. The zero-order chi connectivity index (χ0) is 13.1. The molecule has 0 aliphatic carbocycles. The lowest BCUT2D eigenvalue weighted by Crippen LogP contribution is -2.43. The van der Waals surface area contributed by atoms with Gasteiger partial charge in [0.25, 0.3) is 5.56 Å². The molecule has 1 saturated heterocycles. The number of piperidine rings is 1. The molecule has 1 aliphatic rings. The number of anilines is 1. The first-order valence-electron chi connectivity index (χ1n) is 6.58. The second kappa shape index (κ2) is 5.74. The number of aromatic nitrogens is 2. The van der Waals surface area contributed by atoms with Crippen LogP contribution in [0.5, 0.6) is 0 Å². The molecule has 100 valence electrons. The molecule has 2 rings (SSSR count). The van der Waals surface area contributed by atoms with Crippen LogP contribution >= 0.6 is 11.6 Å². The van der Waals surface area contributed by atoms with E-state index >= 15 is 0 Å². The molecule has 2 atom stereocenters. The molecule has 1 aromatic heterocycles. The van der Waals surface area contributed by atoms with Gasteiger partial charge in [-0.1, -0.05) is 13.8 Å². The number of aryl methyl sites for hydroxylation is 1. The minimum Gasteiger partial charge on any atom is -0.352 e. The molecule has 2 heterocycles. The first-order valence-corrected chi connectivity index (χ1v) is 7.01. The number of halogens is 1. The van der Waals surface area contributed by atoms with E-state index in [1.54, 1.807) is 17.0 Å². The number of nitrogens with zero attached hydrogens (tertiary/aromatic N) is 3. The Morgan fingerprint density at radius 1 is 1.56 bits per heavy atom. The molecule has 5 heteroatoms. The van der Waals surface area contributed by atoms with Crippen LogP contribution in [0.3, 0.4) is 0 Å². The Labute approximate surface area is 113 Å². The predicted molar refractivity (Wildman–Crippen MR) is 74.4 cm³/mol. The molecule has 0 N–H and O–H groups in total. The molecule has 2 unspecified atom stereocenters. The molecular weight excluding hydrogens is 250 g/mol. The molecule has 1 aliphatic heterocycles. The van der Waals surface area contributed by atoms with Gasteiger partial charge < -0.3 is 9.47 Å². The highest BCUT2D eigenvalue weighted by atomic mass is 35.5. The molecular formula is C13H20ClN3O. The largest absolute Gasteiger partial charge is 0.352 e. The van der Waals surface area contributed by atoms with Crippen LogP contribution in [-0.4, -0.2) is 28.0 Å². The van der Waals surface area contributed by atoms with Crippen LogP contribution in [0, 0.1) is 5.92 Å². The number of rotatable bonds is 3. The standard InChI is InChI=1S/C13H20ClN3O/c1-3-6-16-8-5-15-12(13(16)18)17-7-4-11(14)10(2)9-17/h5,8,10-11H,3-4,6-7,9H2,1-2H3. The van der Waals surface area contributed by atoms with Gasteiger partial charge >= 0.3 is 0 Å². The number of hydrogen-bond donors (Lipinski definition) is 0. The highest BCUT2D eigenvalue weighted by Gasteiger charge is 2.26. The van der Waals surface area contributed by atoms with Crippen molar-refractivity contribution in [1.29, 1.82) is 0 Å². The van der Waals surface area contributed by atoms with Crippen LogP contribution in [-0.2, 0) is 6.54 Å². The van der Waals surface area contributed by atoms with Gasteiger partial charge in [0, 0.05) is 37.4 Å². The van der Waals surface area contributed by atoms with E-state index in [0.717, 1.165) is 32.5 Å². The van der Waals surface area contributed by atoms with Crippen molar-refractivity contribution in [1.82, 2.24) is 9.55 Å². The van der Waals surface area contributed by atoms with Crippen LogP contribution in [0.4, 0.5) is 5.82 Å². The Balaban J connectivity index is 2.23. The van der Waals surface area contributed by atoms with E-state index in [9.17, 15) is 4.79 Å². The summed E-state index contributed by atoms with van der Waals surface area (Å²) in [6, 6.07) is 0. The van der Waals surface area contributed by atoms with E-state index < -0.39 is 0 Å². The van der Waals surface area contributed by atoms with E-state index in [-0.39, 0.29) is 10.9 Å². The fourth-order valence-electron chi connectivity index (χ4n) is 2.38. The summed E-state index contributed by atoms with van der Waals surface area (Å²) < 4.78 is 1.74. The molecule has 0 spiro atoms. The van der Waals surface area contributed by atoms with Gasteiger partial charge in [-0.2, -0.15) is 0 Å². The summed E-state index contributed by atoms with van der Waals surface area (Å²) in [6.07, 6.45) is 5.33. The Hall–Kier alpha value is -1.03. The Morgan fingerprint density at radius 2 is 2.33 bits per heavy atom. The predicted octanol–water partition coefficient (Wildman–Crippen LogP) is 2.11. The quantitative estimate of drug-likeness (QED) is 0.789. The lowest BCUT2D eigenvalue weighted by atomic mass is 10.00. The Bertz CT molecular complexity index is 460. The minimum atomic E-state index is 0.0135. The average molecular weight is 270 g/mol. The van der Waals surface area contributed by atoms with Crippen molar-refractivity contribution in [3.63, 3.8) is 0 Å². The Kier molecular flexibility index (Phi) is 4.27. The summed E-state index contributed by atoms with van der Waals surface area (Å²) in [5, 5.41) is 0.211. The van der Waals surface area contributed by atoms with Crippen LogP contribution in [0.1, 0.15) is 26.7 Å². The maximum atomic E-state index is 12.3. The topological polar surface area (TPSA) is 38.1 Å². The molecule has 0 bridgehead atoms. The van der Waals surface area contributed by atoms with Gasteiger partial charge in [0.05, 0.1) is 0 Å². The normalized spacial score (nSPS) is 24.3. The van der Waals surface area contributed by atoms with E-state index in [1.165, 1.54) is 0 Å². The van der Waals surface area contributed by atoms with Gasteiger partial charge in [-0.15, -0.1) is 11.6 Å². The lowest BCUT2D eigenvalue weighted by molar-refractivity contribution is 0.450. The maximum absolute atomic E-state index is 12.3. The van der Waals surface area contributed by atoms with E-state index in [2.05, 4.69) is 23.7 Å². The highest BCUT2D eigenvalue weighted by molar-refractivity contribution is 6.20. The van der Waals surface area contributed by atoms with Crippen molar-refractivity contribution in [3.8, 4) is 0 Å². The Morgan fingerprint density at radius 3 is 3.00 bits per heavy atom. The summed E-state index contributed by atoms with van der Waals surface area (Å²) in [7, 11) is 0. The van der Waals surface area contributed by atoms with Crippen molar-refractivity contribution in [2.24, 2.45) is 5.92 Å². The molecule has 0 saturated carbocycles. The number of hydrogen-bond acceptors (Lipinski definition) is 3. The SMILES string of the molecule is CCCn1ccnc(N2CCC(Cl)C(C)C2)c1=O. The van der Waals surface area contributed by atoms with Crippen LogP contribution in [0.25, 0.3) is 0 Å². The zero-order valence-corrected chi connectivity index (χ0v) is 11.7. The summed E-state index contributed by atoms with van der Waals surface area (Å²) >= 11 is 6.21. The molecule has 18 heavy (non-hydrogen) atoms.